The van der Waals surface area contributed by atoms with Crippen molar-refractivity contribution in [2.24, 2.45) is 0 Å². The smallest absolute Gasteiger partial charge is 0.439 e. The molecule has 2 aromatic heterocycles. The third kappa shape index (κ3) is 5.26. The summed E-state index contributed by atoms with van der Waals surface area (Å²) in [6.07, 6.45) is 0. The van der Waals surface area contributed by atoms with Gasteiger partial charge in [-0.05, 0) is 76.1 Å². The number of nitrogens with one attached hydrogen (secondary N) is 1. The highest BCUT2D eigenvalue weighted by Crippen LogP contribution is 2.38. The number of aryl methyl sites for hydroxylation is 3. The molecule has 196 valence electrons. The molecule has 0 saturated carbocycles. The SMILES string of the molecule is COc1cc(-c2noc(=O)[nH]2)ccc1COc1cc(C)c(C)cc1N(C(C)C)S(=O)(=O)c1ccc(C)o1. The zero-order valence-corrected chi connectivity index (χ0v) is 22.3. The summed E-state index contributed by atoms with van der Waals surface area (Å²) in [6, 6.07) is 11.5. The van der Waals surface area contributed by atoms with Gasteiger partial charge in [-0.1, -0.05) is 17.3 Å². The lowest BCUT2D eigenvalue weighted by molar-refractivity contribution is 0.297. The molecule has 1 N–H and O–H groups in total. The number of aromatic amines is 1. The summed E-state index contributed by atoms with van der Waals surface area (Å²) in [5, 5.41) is 3.57. The Morgan fingerprint density at radius 2 is 1.76 bits per heavy atom. The van der Waals surface area contributed by atoms with Gasteiger partial charge < -0.3 is 13.9 Å². The van der Waals surface area contributed by atoms with E-state index in [1.165, 1.54) is 17.5 Å². The van der Waals surface area contributed by atoms with E-state index in [9.17, 15) is 13.2 Å². The van der Waals surface area contributed by atoms with Gasteiger partial charge in [-0.25, -0.2) is 4.79 Å². The van der Waals surface area contributed by atoms with E-state index >= 15 is 0 Å². The molecule has 37 heavy (non-hydrogen) atoms. The molecule has 0 bridgehead atoms. The van der Waals surface area contributed by atoms with Crippen LogP contribution in [0.4, 0.5) is 5.69 Å². The second kappa shape index (κ2) is 10.2. The van der Waals surface area contributed by atoms with Gasteiger partial charge in [0.2, 0.25) is 5.09 Å². The van der Waals surface area contributed by atoms with Gasteiger partial charge in [0.1, 0.15) is 23.9 Å². The number of H-pyrrole nitrogens is 1. The van der Waals surface area contributed by atoms with Crippen molar-refractivity contribution in [1.29, 1.82) is 0 Å². The summed E-state index contributed by atoms with van der Waals surface area (Å²) in [5.74, 6) is 1.03. The fraction of sp³-hybridized carbons (Fsp3) is 0.308. The van der Waals surface area contributed by atoms with Gasteiger partial charge >= 0.3 is 5.76 Å². The van der Waals surface area contributed by atoms with Crippen molar-refractivity contribution in [2.45, 2.75) is 52.4 Å². The minimum Gasteiger partial charge on any atom is -0.496 e. The Labute approximate surface area is 214 Å². The molecule has 0 fully saturated rings. The number of aromatic nitrogens is 2. The fourth-order valence-electron chi connectivity index (χ4n) is 3.92. The second-order valence-corrected chi connectivity index (χ2v) is 10.7. The van der Waals surface area contributed by atoms with Crippen LogP contribution in [0.1, 0.15) is 36.3 Å². The van der Waals surface area contributed by atoms with E-state index in [1.807, 2.05) is 19.9 Å². The Morgan fingerprint density at radius 1 is 1.03 bits per heavy atom. The number of rotatable bonds is 9. The lowest BCUT2D eigenvalue weighted by atomic mass is 10.1. The average Bonchev–Trinajstić information content (AvgIpc) is 3.48. The van der Waals surface area contributed by atoms with Crippen LogP contribution in [0.2, 0.25) is 0 Å². The highest BCUT2D eigenvalue weighted by molar-refractivity contribution is 7.92. The van der Waals surface area contributed by atoms with Crippen LogP contribution in [-0.2, 0) is 16.6 Å². The molecule has 11 heteroatoms. The van der Waals surface area contributed by atoms with Crippen LogP contribution in [0.5, 0.6) is 11.5 Å². The highest BCUT2D eigenvalue weighted by Gasteiger charge is 2.32. The first-order valence-electron chi connectivity index (χ1n) is 11.6. The van der Waals surface area contributed by atoms with Crippen molar-refractivity contribution in [1.82, 2.24) is 10.1 Å². The zero-order valence-electron chi connectivity index (χ0n) is 21.5. The van der Waals surface area contributed by atoms with E-state index in [0.717, 1.165) is 11.1 Å². The number of furan rings is 1. The summed E-state index contributed by atoms with van der Waals surface area (Å²) in [6.45, 7) is 9.23. The van der Waals surface area contributed by atoms with Gasteiger partial charge in [-0.15, -0.1) is 0 Å². The van der Waals surface area contributed by atoms with Gasteiger partial charge in [0.15, 0.2) is 5.82 Å². The van der Waals surface area contributed by atoms with Gasteiger partial charge in [0.25, 0.3) is 10.0 Å². The van der Waals surface area contributed by atoms with E-state index in [1.54, 1.807) is 51.1 Å². The van der Waals surface area contributed by atoms with Crippen LogP contribution in [0, 0.1) is 20.8 Å². The molecule has 0 spiro atoms. The molecule has 2 heterocycles. The maximum Gasteiger partial charge on any atom is 0.439 e. The third-order valence-corrected chi connectivity index (χ3v) is 7.76. The first-order valence-corrected chi connectivity index (χ1v) is 13.0. The molecule has 2 aromatic carbocycles. The number of hydrogen-bond acceptors (Lipinski definition) is 8. The molecule has 0 amide bonds. The molecular weight excluding hydrogens is 498 g/mol. The standard InChI is InChI=1S/C26H29N3O7S/c1-15(2)29(37(31,32)24-10-7-18(5)35-24)21-11-16(3)17(4)12-23(21)34-14-20-9-8-19(13-22(20)33-6)25-27-26(30)36-28-25/h7-13,15H,14H2,1-6H3,(H,27,28,30). The minimum atomic E-state index is -4.00. The van der Waals surface area contributed by atoms with Gasteiger partial charge in [0.05, 0.1) is 12.8 Å². The van der Waals surface area contributed by atoms with E-state index in [-0.39, 0.29) is 17.5 Å². The second-order valence-electron chi connectivity index (χ2n) is 8.92. The Kier molecular flexibility index (Phi) is 7.17. The third-order valence-electron chi connectivity index (χ3n) is 5.89. The predicted octanol–water partition coefficient (Wildman–Crippen LogP) is 4.74. The number of ether oxygens (including phenoxy) is 2. The number of methoxy groups -OCH3 is 1. The minimum absolute atomic E-state index is 0.0974. The normalized spacial score (nSPS) is 11.6. The van der Waals surface area contributed by atoms with Crippen molar-refractivity contribution in [3.63, 3.8) is 0 Å². The fourth-order valence-corrected chi connectivity index (χ4v) is 5.54. The molecule has 0 atom stereocenters. The summed E-state index contributed by atoms with van der Waals surface area (Å²) in [7, 11) is -2.48. The Morgan fingerprint density at radius 3 is 2.35 bits per heavy atom. The van der Waals surface area contributed by atoms with Crippen LogP contribution >= 0.6 is 0 Å². The molecule has 0 saturated heterocycles. The van der Waals surface area contributed by atoms with Gasteiger partial charge in [0, 0.05) is 17.2 Å². The predicted molar refractivity (Wildman–Crippen MR) is 138 cm³/mol. The summed E-state index contributed by atoms with van der Waals surface area (Å²) >= 11 is 0. The topological polar surface area (TPSA) is 128 Å². The lowest BCUT2D eigenvalue weighted by Crippen LogP contribution is -2.37. The van der Waals surface area contributed by atoms with Crippen molar-refractivity contribution >= 4 is 15.7 Å². The van der Waals surface area contributed by atoms with E-state index in [2.05, 4.69) is 14.7 Å². The van der Waals surface area contributed by atoms with Crippen LogP contribution in [0.25, 0.3) is 11.4 Å². The Hall–Kier alpha value is -3.99. The zero-order chi connectivity index (χ0) is 26.9. The number of hydrogen-bond donors (Lipinski definition) is 1. The maximum absolute atomic E-state index is 13.6. The van der Waals surface area contributed by atoms with Crippen LogP contribution in [0.15, 0.2) is 61.3 Å². The molecule has 0 unspecified atom stereocenters. The maximum atomic E-state index is 13.6. The van der Waals surface area contributed by atoms with Crippen LogP contribution in [0.3, 0.4) is 0 Å². The highest BCUT2D eigenvalue weighted by atomic mass is 32.2. The van der Waals surface area contributed by atoms with E-state index < -0.39 is 21.8 Å². The Bertz CT molecular complexity index is 1580. The van der Waals surface area contributed by atoms with Crippen molar-refractivity contribution in [3.05, 3.63) is 75.5 Å². The summed E-state index contributed by atoms with van der Waals surface area (Å²) < 4.78 is 50.3. The van der Waals surface area contributed by atoms with E-state index in [0.29, 0.717) is 34.1 Å². The number of nitrogens with zero attached hydrogens (tertiary/aromatic N) is 2. The monoisotopic (exact) mass is 527 g/mol. The number of sulfonamides is 1. The molecule has 0 aliphatic rings. The summed E-state index contributed by atoms with van der Waals surface area (Å²) in [4.78, 5) is 13.8. The molecule has 10 nitrogen and oxygen atoms in total. The molecule has 0 aliphatic carbocycles. The number of benzene rings is 2. The van der Waals surface area contributed by atoms with E-state index in [4.69, 9.17) is 13.9 Å². The average molecular weight is 528 g/mol. The Balaban J connectivity index is 1.71. The molecule has 0 radical (unpaired) electrons. The largest absolute Gasteiger partial charge is 0.496 e. The quantitative estimate of drug-likeness (QED) is 0.331. The molecule has 4 rings (SSSR count). The number of anilines is 1. The first-order chi connectivity index (χ1) is 17.5. The lowest BCUT2D eigenvalue weighted by Gasteiger charge is -2.29. The van der Waals surface area contributed by atoms with Gasteiger partial charge in [-0.3, -0.25) is 13.8 Å². The van der Waals surface area contributed by atoms with Gasteiger partial charge in [-0.2, -0.15) is 8.42 Å². The van der Waals surface area contributed by atoms with Crippen molar-refractivity contribution in [2.75, 3.05) is 11.4 Å². The van der Waals surface area contributed by atoms with Crippen LogP contribution in [-0.4, -0.2) is 31.7 Å². The van der Waals surface area contributed by atoms with Crippen LogP contribution < -0.4 is 19.5 Å². The molecular formula is C26H29N3O7S. The van der Waals surface area contributed by atoms with Crippen molar-refractivity contribution < 1.29 is 26.8 Å². The molecule has 4 aromatic rings. The summed E-state index contributed by atoms with van der Waals surface area (Å²) in [5.41, 5.74) is 3.59. The first kappa shape index (κ1) is 26.1. The molecule has 0 aliphatic heterocycles. The van der Waals surface area contributed by atoms with Crippen molar-refractivity contribution in [3.8, 4) is 22.9 Å².